The number of nitrogen functional groups attached to an aromatic ring is 1. The van der Waals surface area contributed by atoms with Crippen molar-refractivity contribution >= 4 is 11.6 Å². The quantitative estimate of drug-likeness (QED) is 0.717. The van der Waals surface area contributed by atoms with Crippen molar-refractivity contribution in [3.8, 4) is 0 Å². The molecule has 5 heteroatoms. The monoisotopic (exact) mass is 238 g/mol. The smallest absolute Gasteiger partial charge is 0.254 e. The molecule has 0 bridgehead atoms. The van der Waals surface area contributed by atoms with Gasteiger partial charge in [0.2, 0.25) is 0 Å². The number of hydrogen-bond donors (Lipinski definition) is 2. The van der Waals surface area contributed by atoms with Gasteiger partial charge in [-0.25, -0.2) is 4.39 Å². The van der Waals surface area contributed by atoms with Crippen molar-refractivity contribution in [3.05, 3.63) is 29.6 Å². The Morgan fingerprint density at radius 2 is 2.29 bits per heavy atom. The summed E-state index contributed by atoms with van der Waals surface area (Å²) in [6.45, 7) is 0.909. The van der Waals surface area contributed by atoms with Crippen LogP contribution < -0.4 is 5.73 Å². The van der Waals surface area contributed by atoms with E-state index >= 15 is 0 Å². The highest BCUT2D eigenvalue weighted by molar-refractivity contribution is 5.94. The number of likely N-dealkylation sites (tertiary alicyclic amines) is 1. The van der Waals surface area contributed by atoms with Gasteiger partial charge in [-0.15, -0.1) is 0 Å². The molecule has 1 aliphatic heterocycles. The predicted molar refractivity (Wildman–Crippen MR) is 62.0 cm³/mol. The molecule has 0 aliphatic carbocycles. The Bertz CT molecular complexity index is 437. The topological polar surface area (TPSA) is 66.6 Å². The summed E-state index contributed by atoms with van der Waals surface area (Å²) in [5.74, 6) is -0.851. The molecule has 1 heterocycles. The average molecular weight is 238 g/mol. The van der Waals surface area contributed by atoms with Crippen LogP contribution in [0.5, 0.6) is 0 Å². The minimum atomic E-state index is -0.589. The molecule has 17 heavy (non-hydrogen) atoms. The summed E-state index contributed by atoms with van der Waals surface area (Å²) < 4.78 is 13.2. The van der Waals surface area contributed by atoms with Gasteiger partial charge < -0.3 is 15.7 Å². The molecule has 4 nitrogen and oxygen atoms in total. The third kappa shape index (κ3) is 2.55. The number of benzene rings is 1. The van der Waals surface area contributed by atoms with Crippen LogP contribution in [-0.2, 0) is 0 Å². The first-order valence-corrected chi connectivity index (χ1v) is 5.60. The minimum Gasteiger partial charge on any atom is -0.396 e. The maximum absolute atomic E-state index is 13.2. The fraction of sp³-hybridized carbons (Fsp3) is 0.417. The highest BCUT2D eigenvalue weighted by Gasteiger charge is 2.23. The molecule has 0 aromatic heterocycles. The number of anilines is 1. The molecule has 1 amide bonds. The fourth-order valence-corrected chi connectivity index (χ4v) is 1.98. The lowest BCUT2D eigenvalue weighted by molar-refractivity contribution is 0.0473. The molecule has 1 fully saturated rings. The van der Waals surface area contributed by atoms with Crippen LogP contribution in [0, 0.1) is 5.82 Å². The second-order valence-electron chi connectivity index (χ2n) is 4.28. The summed E-state index contributed by atoms with van der Waals surface area (Å²) in [6, 6.07) is 4.02. The molecule has 0 saturated carbocycles. The van der Waals surface area contributed by atoms with E-state index in [9.17, 15) is 14.3 Å². The van der Waals surface area contributed by atoms with Crippen LogP contribution in [0.1, 0.15) is 23.2 Å². The van der Waals surface area contributed by atoms with Crippen LogP contribution in [-0.4, -0.2) is 35.1 Å². The van der Waals surface area contributed by atoms with Crippen LogP contribution in [0.4, 0.5) is 10.1 Å². The van der Waals surface area contributed by atoms with Crippen LogP contribution in [0.15, 0.2) is 18.2 Å². The summed E-state index contributed by atoms with van der Waals surface area (Å²) in [5, 5.41) is 9.49. The molecule has 0 radical (unpaired) electrons. The van der Waals surface area contributed by atoms with E-state index in [2.05, 4.69) is 0 Å². The van der Waals surface area contributed by atoms with E-state index in [1.54, 1.807) is 4.90 Å². The third-order valence-corrected chi connectivity index (χ3v) is 2.93. The molecule has 1 aliphatic rings. The maximum Gasteiger partial charge on any atom is 0.254 e. The van der Waals surface area contributed by atoms with E-state index in [-0.39, 0.29) is 17.2 Å². The highest BCUT2D eigenvalue weighted by Crippen LogP contribution is 2.17. The number of nitrogens with two attached hydrogens (primary N) is 1. The number of carbonyl (C=O) groups excluding carboxylic acids is 1. The highest BCUT2D eigenvalue weighted by atomic mass is 19.1. The van der Waals surface area contributed by atoms with Gasteiger partial charge in [-0.3, -0.25) is 4.79 Å². The molecule has 92 valence electrons. The first kappa shape index (κ1) is 11.9. The zero-order valence-corrected chi connectivity index (χ0v) is 9.40. The Morgan fingerprint density at radius 3 is 2.94 bits per heavy atom. The third-order valence-electron chi connectivity index (χ3n) is 2.93. The maximum atomic E-state index is 13.2. The number of halogens is 1. The van der Waals surface area contributed by atoms with E-state index in [1.165, 1.54) is 12.1 Å². The Hall–Kier alpha value is -1.62. The van der Waals surface area contributed by atoms with Crippen LogP contribution in [0.2, 0.25) is 0 Å². The van der Waals surface area contributed by atoms with Gasteiger partial charge in [0, 0.05) is 18.7 Å². The van der Waals surface area contributed by atoms with Crippen molar-refractivity contribution in [1.29, 1.82) is 0 Å². The summed E-state index contributed by atoms with van der Waals surface area (Å²) in [4.78, 5) is 13.6. The zero-order chi connectivity index (χ0) is 12.4. The van der Waals surface area contributed by atoms with Gasteiger partial charge in [-0.2, -0.15) is 0 Å². The van der Waals surface area contributed by atoms with Gasteiger partial charge in [-0.1, -0.05) is 0 Å². The number of β-amino-alcohol motifs (C(OH)–C–C–N with tert-alkyl or cyclic N) is 1. The van der Waals surface area contributed by atoms with Gasteiger partial charge in [0.25, 0.3) is 5.91 Å². The summed E-state index contributed by atoms with van der Waals surface area (Å²) in [5.41, 5.74) is 5.65. The molecule has 1 aromatic carbocycles. The number of amides is 1. The number of hydrogen-bond acceptors (Lipinski definition) is 3. The Morgan fingerprint density at radius 1 is 1.53 bits per heavy atom. The molecule has 0 spiro atoms. The molecular formula is C12H15FN2O2. The molecule has 1 unspecified atom stereocenters. The number of nitrogens with zero attached hydrogens (tertiary/aromatic N) is 1. The summed E-state index contributed by atoms with van der Waals surface area (Å²) >= 11 is 0. The van der Waals surface area contributed by atoms with Gasteiger partial charge in [-0.05, 0) is 31.0 Å². The second-order valence-corrected chi connectivity index (χ2v) is 4.28. The number of piperidine rings is 1. The van der Waals surface area contributed by atoms with Gasteiger partial charge in [0.05, 0.1) is 11.8 Å². The van der Waals surface area contributed by atoms with E-state index in [0.29, 0.717) is 19.5 Å². The first-order chi connectivity index (χ1) is 8.08. The number of aliphatic hydroxyl groups excluding tert-OH is 1. The number of rotatable bonds is 1. The number of aliphatic hydroxyl groups is 1. The summed E-state index contributed by atoms with van der Waals surface area (Å²) in [7, 11) is 0. The molecule has 1 saturated heterocycles. The van der Waals surface area contributed by atoms with Crippen molar-refractivity contribution in [3.63, 3.8) is 0 Å². The van der Waals surface area contributed by atoms with E-state index < -0.39 is 11.9 Å². The van der Waals surface area contributed by atoms with Gasteiger partial charge in [0.15, 0.2) is 0 Å². The second kappa shape index (κ2) is 4.71. The number of carbonyl (C=O) groups is 1. The molecule has 1 aromatic rings. The Balaban J connectivity index is 2.15. The van der Waals surface area contributed by atoms with Crippen molar-refractivity contribution in [2.75, 3.05) is 18.8 Å². The first-order valence-electron chi connectivity index (χ1n) is 5.60. The normalized spacial score (nSPS) is 20.4. The SMILES string of the molecule is Nc1ccc(C(=O)N2CCCC(O)C2)cc1F. The largest absolute Gasteiger partial charge is 0.396 e. The van der Waals surface area contributed by atoms with Gasteiger partial charge >= 0.3 is 0 Å². The van der Waals surface area contributed by atoms with Crippen molar-refractivity contribution < 1.29 is 14.3 Å². The lowest BCUT2D eigenvalue weighted by atomic mass is 10.1. The van der Waals surface area contributed by atoms with Crippen LogP contribution in [0.3, 0.4) is 0 Å². The molecule has 2 rings (SSSR count). The minimum absolute atomic E-state index is 0.0280. The van der Waals surface area contributed by atoms with Crippen molar-refractivity contribution in [1.82, 2.24) is 4.90 Å². The zero-order valence-electron chi connectivity index (χ0n) is 9.40. The molecule has 3 N–H and O–H groups in total. The molecular weight excluding hydrogens is 223 g/mol. The van der Waals surface area contributed by atoms with E-state index in [4.69, 9.17) is 5.73 Å². The average Bonchev–Trinajstić information content (AvgIpc) is 2.32. The predicted octanol–water partition coefficient (Wildman–Crippen LogP) is 1.00. The van der Waals surface area contributed by atoms with Crippen LogP contribution >= 0.6 is 0 Å². The summed E-state index contributed by atoms with van der Waals surface area (Å²) in [6.07, 6.45) is 0.996. The van der Waals surface area contributed by atoms with E-state index in [1.807, 2.05) is 0 Å². The van der Waals surface area contributed by atoms with Gasteiger partial charge in [0.1, 0.15) is 5.82 Å². The van der Waals surface area contributed by atoms with Crippen molar-refractivity contribution in [2.24, 2.45) is 0 Å². The van der Waals surface area contributed by atoms with Crippen molar-refractivity contribution in [2.45, 2.75) is 18.9 Å². The lowest BCUT2D eigenvalue weighted by Gasteiger charge is -2.30. The fourth-order valence-electron chi connectivity index (χ4n) is 1.98. The van der Waals surface area contributed by atoms with Crippen LogP contribution in [0.25, 0.3) is 0 Å². The van der Waals surface area contributed by atoms with E-state index in [0.717, 1.165) is 12.5 Å². The Labute approximate surface area is 98.8 Å². The Kier molecular flexibility index (Phi) is 3.28. The lowest BCUT2D eigenvalue weighted by Crippen LogP contribution is -2.42. The standard InChI is InChI=1S/C12H15FN2O2/c13-10-6-8(3-4-11(10)14)12(17)15-5-1-2-9(16)7-15/h3-4,6,9,16H,1-2,5,7,14H2. The molecule has 1 atom stereocenters.